The van der Waals surface area contributed by atoms with Crippen molar-refractivity contribution in [3.05, 3.63) is 35.9 Å². The first kappa shape index (κ1) is 25.0. The third-order valence-corrected chi connectivity index (χ3v) is 5.81. The first-order valence-corrected chi connectivity index (χ1v) is 11.3. The van der Waals surface area contributed by atoms with Gasteiger partial charge >= 0.3 is 6.09 Å². The number of nitrogens with one attached hydrogen (secondary N) is 3. The third kappa shape index (κ3) is 7.73. The molecule has 1 saturated heterocycles. The zero-order valence-electron chi connectivity index (χ0n) is 20.0. The molecule has 3 N–H and O–H groups in total. The average molecular weight is 433 g/mol. The summed E-state index contributed by atoms with van der Waals surface area (Å²) in [7, 11) is 1.76. The zero-order chi connectivity index (χ0) is 22.9. The fraction of sp³-hybridized carbons (Fsp3) is 0.667. The van der Waals surface area contributed by atoms with E-state index in [4.69, 9.17) is 9.47 Å². The molecule has 1 fully saturated rings. The minimum Gasteiger partial charge on any atom is -0.444 e. The number of amides is 1. The van der Waals surface area contributed by atoms with Crippen LogP contribution in [0.3, 0.4) is 0 Å². The van der Waals surface area contributed by atoms with Crippen LogP contribution in [0.2, 0.25) is 0 Å². The SMILES string of the molecule is CCC(CC)(CNC(=NC)NCC1CCOC1c1ccccc1)NC(=O)OC(C)(C)C. The molecule has 7 nitrogen and oxygen atoms in total. The van der Waals surface area contributed by atoms with Gasteiger partial charge in [-0.1, -0.05) is 44.2 Å². The average Bonchev–Trinajstić information content (AvgIpc) is 3.21. The Labute approximate surface area is 187 Å². The Hall–Kier alpha value is -2.28. The van der Waals surface area contributed by atoms with Crippen molar-refractivity contribution in [2.75, 3.05) is 26.7 Å². The molecule has 1 aromatic rings. The van der Waals surface area contributed by atoms with Gasteiger partial charge in [0.1, 0.15) is 5.60 Å². The Morgan fingerprint density at radius 3 is 2.42 bits per heavy atom. The summed E-state index contributed by atoms with van der Waals surface area (Å²) in [5, 5.41) is 9.89. The van der Waals surface area contributed by atoms with Gasteiger partial charge in [0.15, 0.2) is 5.96 Å². The van der Waals surface area contributed by atoms with Gasteiger partial charge in [0.25, 0.3) is 0 Å². The summed E-state index contributed by atoms with van der Waals surface area (Å²) >= 11 is 0. The molecule has 1 aromatic carbocycles. The van der Waals surface area contributed by atoms with E-state index in [0.717, 1.165) is 38.4 Å². The van der Waals surface area contributed by atoms with Gasteiger partial charge in [-0.3, -0.25) is 4.99 Å². The highest BCUT2D eigenvalue weighted by Crippen LogP contribution is 2.33. The molecule has 1 aliphatic rings. The van der Waals surface area contributed by atoms with Crippen molar-refractivity contribution in [3.63, 3.8) is 0 Å². The van der Waals surface area contributed by atoms with Crippen molar-refractivity contribution < 1.29 is 14.3 Å². The van der Waals surface area contributed by atoms with Gasteiger partial charge in [0.2, 0.25) is 0 Å². The summed E-state index contributed by atoms with van der Waals surface area (Å²) in [6.07, 6.45) is 2.27. The second-order valence-corrected chi connectivity index (χ2v) is 9.17. The molecule has 0 bridgehead atoms. The maximum atomic E-state index is 12.4. The van der Waals surface area contributed by atoms with Gasteiger partial charge in [0, 0.05) is 32.7 Å². The van der Waals surface area contributed by atoms with Crippen LogP contribution < -0.4 is 16.0 Å². The van der Waals surface area contributed by atoms with E-state index in [-0.39, 0.29) is 6.10 Å². The molecular formula is C24H40N4O3. The number of carbonyl (C=O) groups is 1. The van der Waals surface area contributed by atoms with Gasteiger partial charge in [0.05, 0.1) is 11.6 Å². The third-order valence-electron chi connectivity index (χ3n) is 5.81. The Balaban J connectivity index is 1.91. The minimum atomic E-state index is -0.527. The molecule has 1 heterocycles. The summed E-state index contributed by atoms with van der Waals surface area (Å²) < 4.78 is 11.4. The van der Waals surface area contributed by atoms with E-state index in [0.29, 0.717) is 12.5 Å². The van der Waals surface area contributed by atoms with E-state index < -0.39 is 17.2 Å². The van der Waals surface area contributed by atoms with Crippen molar-refractivity contribution in [1.82, 2.24) is 16.0 Å². The molecule has 7 heteroatoms. The molecule has 2 atom stereocenters. The summed E-state index contributed by atoms with van der Waals surface area (Å²) in [6.45, 7) is 11.8. The Morgan fingerprint density at radius 2 is 1.84 bits per heavy atom. The smallest absolute Gasteiger partial charge is 0.408 e. The molecule has 174 valence electrons. The lowest BCUT2D eigenvalue weighted by Gasteiger charge is -2.34. The predicted molar refractivity (Wildman–Crippen MR) is 125 cm³/mol. The van der Waals surface area contributed by atoms with E-state index in [1.54, 1.807) is 7.05 Å². The molecular weight excluding hydrogens is 392 g/mol. The predicted octanol–water partition coefficient (Wildman–Crippen LogP) is 4.01. The molecule has 31 heavy (non-hydrogen) atoms. The zero-order valence-corrected chi connectivity index (χ0v) is 20.0. The number of rotatable bonds is 8. The normalized spacial score (nSPS) is 19.7. The summed E-state index contributed by atoms with van der Waals surface area (Å²) in [4.78, 5) is 16.7. The molecule has 0 saturated carbocycles. The standard InChI is InChI=1S/C24H40N4O3/c1-7-24(8-2,28-22(29)31-23(3,4)5)17-27-21(25-6)26-16-19-14-15-30-20(19)18-12-10-9-11-13-18/h9-13,19-20H,7-8,14-17H2,1-6H3,(H,28,29)(H2,25,26,27). The van der Waals surface area contributed by atoms with Crippen molar-refractivity contribution in [2.24, 2.45) is 10.9 Å². The molecule has 0 spiro atoms. The highest BCUT2D eigenvalue weighted by Gasteiger charge is 2.32. The maximum absolute atomic E-state index is 12.4. The minimum absolute atomic E-state index is 0.103. The van der Waals surface area contributed by atoms with Gasteiger partial charge in [-0.2, -0.15) is 0 Å². The van der Waals surface area contributed by atoms with Crippen LogP contribution in [-0.4, -0.2) is 49.9 Å². The monoisotopic (exact) mass is 432 g/mol. The van der Waals surface area contributed by atoms with Crippen LogP contribution in [0, 0.1) is 5.92 Å². The molecule has 1 aliphatic heterocycles. The van der Waals surface area contributed by atoms with Crippen molar-refractivity contribution in [3.8, 4) is 0 Å². The number of guanidine groups is 1. The number of carbonyl (C=O) groups excluding carboxylic acids is 1. The molecule has 0 radical (unpaired) electrons. The van der Waals surface area contributed by atoms with Crippen molar-refractivity contribution in [1.29, 1.82) is 0 Å². The van der Waals surface area contributed by atoms with Gasteiger partial charge < -0.3 is 25.4 Å². The van der Waals surface area contributed by atoms with Crippen molar-refractivity contribution >= 4 is 12.1 Å². The second-order valence-electron chi connectivity index (χ2n) is 9.17. The lowest BCUT2D eigenvalue weighted by Crippen LogP contribution is -2.57. The van der Waals surface area contributed by atoms with Crippen LogP contribution in [0.15, 0.2) is 35.3 Å². The number of hydrogen-bond donors (Lipinski definition) is 3. The molecule has 0 aromatic heterocycles. The number of alkyl carbamates (subject to hydrolysis) is 1. The van der Waals surface area contributed by atoms with Crippen LogP contribution in [0.1, 0.15) is 65.5 Å². The van der Waals surface area contributed by atoms with E-state index in [9.17, 15) is 4.79 Å². The maximum Gasteiger partial charge on any atom is 0.408 e. The highest BCUT2D eigenvalue weighted by molar-refractivity contribution is 5.79. The van der Waals surface area contributed by atoms with E-state index in [2.05, 4.69) is 59.1 Å². The highest BCUT2D eigenvalue weighted by atomic mass is 16.6. The fourth-order valence-electron chi connectivity index (χ4n) is 3.80. The van der Waals surface area contributed by atoms with Crippen LogP contribution in [0.5, 0.6) is 0 Å². The Bertz CT molecular complexity index is 711. The number of hydrogen-bond acceptors (Lipinski definition) is 4. The summed E-state index contributed by atoms with van der Waals surface area (Å²) in [6, 6.07) is 10.4. The van der Waals surface area contributed by atoms with Gasteiger partial charge in [-0.15, -0.1) is 0 Å². The number of ether oxygens (including phenoxy) is 2. The number of benzene rings is 1. The fourth-order valence-corrected chi connectivity index (χ4v) is 3.80. The molecule has 0 aliphatic carbocycles. The lowest BCUT2D eigenvalue weighted by molar-refractivity contribution is 0.0448. The van der Waals surface area contributed by atoms with Crippen LogP contribution >= 0.6 is 0 Å². The Kier molecular flexibility index (Phi) is 9.16. The molecule has 2 rings (SSSR count). The van der Waals surface area contributed by atoms with E-state index in [1.807, 2.05) is 26.8 Å². The quantitative estimate of drug-likeness (QED) is 0.427. The van der Waals surface area contributed by atoms with Gasteiger partial charge in [-0.05, 0) is 45.6 Å². The van der Waals surface area contributed by atoms with Crippen molar-refractivity contribution in [2.45, 2.75) is 71.1 Å². The largest absolute Gasteiger partial charge is 0.444 e. The topological polar surface area (TPSA) is 84.0 Å². The number of nitrogens with zero attached hydrogens (tertiary/aromatic N) is 1. The van der Waals surface area contributed by atoms with Gasteiger partial charge in [-0.25, -0.2) is 4.79 Å². The Morgan fingerprint density at radius 1 is 1.16 bits per heavy atom. The van der Waals surface area contributed by atoms with Crippen LogP contribution in [0.25, 0.3) is 0 Å². The first-order chi connectivity index (χ1) is 14.7. The summed E-state index contributed by atoms with van der Waals surface area (Å²) in [5.41, 5.74) is 0.275. The van der Waals surface area contributed by atoms with E-state index >= 15 is 0 Å². The molecule has 1 amide bonds. The van der Waals surface area contributed by atoms with Crippen LogP contribution in [0.4, 0.5) is 4.79 Å². The first-order valence-electron chi connectivity index (χ1n) is 11.3. The second kappa shape index (κ2) is 11.4. The number of aliphatic imine (C=N–C) groups is 1. The lowest BCUT2D eigenvalue weighted by atomic mass is 9.93. The summed E-state index contributed by atoms with van der Waals surface area (Å²) in [5.74, 6) is 1.10. The van der Waals surface area contributed by atoms with E-state index in [1.165, 1.54) is 5.56 Å². The van der Waals surface area contributed by atoms with Crippen LogP contribution in [-0.2, 0) is 9.47 Å². The molecule has 2 unspecified atom stereocenters.